The highest BCUT2D eigenvalue weighted by Crippen LogP contribution is 2.23. The average molecular weight is 385 g/mol. The Bertz CT molecular complexity index is 891. The molecule has 0 saturated carbocycles. The monoisotopic (exact) mass is 384 g/mol. The SMILES string of the molecule is CC(C)(C)NS(=O)(=O)c1ccc(C(=O)Nc2cccc(Cl)c2F)cc1. The van der Waals surface area contributed by atoms with Crippen molar-refractivity contribution in [3.63, 3.8) is 0 Å². The fraction of sp³-hybridized carbons (Fsp3) is 0.235. The Morgan fingerprint density at radius 1 is 1.08 bits per heavy atom. The Hall–Kier alpha value is -1.96. The molecule has 0 saturated heterocycles. The highest BCUT2D eigenvalue weighted by Gasteiger charge is 2.22. The highest BCUT2D eigenvalue weighted by atomic mass is 35.5. The molecule has 8 heteroatoms. The van der Waals surface area contributed by atoms with Crippen LogP contribution in [0.5, 0.6) is 0 Å². The van der Waals surface area contributed by atoms with Crippen molar-refractivity contribution < 1.29 is 17.6 Å². The van der Waals surface area contributed by atoms with E-state index in [1.807, 2.05) is 0 Å². The van der Waals surface area contributed by atoms with Gasteiger partial charge < -0.3 is 5.32 Å². The third kappa shape index (κ3) is 5.01. The van der Waals surface area contributed by atoms with E-state index in [9.17, 15) is 17.6 Å². The third-order valence-electron chi connectivity index (χ3n) is 3.07. The Morgan fingerprint density at radius 3 is 2.24 bits per heavy atom. The van der Waals surface area contributed by atoms with Crippen LogP contribution in [0.15, 0.2) is 47.4 Å². The second kappa shape index (κ2) is 7.11. The smallest absolute Gasteiger partial charge is 0.255 e. The maximum atomic E-state index is 13.8. The van der Waals surface area contributed by atoms with E-state index in [0.29, 0.717) is 0 Å². The minimum absolute atomic E-state index is 0.0351. The lowest BCUT2D eigenvalue weighted by molar-refractivity contribution is 0.102. The van der Waals surface area contributed by atoms with Gasteiger partial charge >= 0.3 is 0 Å². The number of hydrogen-bond donors (Lipinski definition) is 2. The predicted octanol–water partition coefficient (Wildman–Crippen LogP) is 3.81. The highest BCUT2D eigenvalue weighted by molar-refractivity contribution is 7.89. The van der Waals surface area contributed by atoms with Crippen LogP contribution >= 0.6 is 11.6 Å². The molecule has 134 valence electrons. The number of carbonyl (C=O) groups excluding carboxylic acids is 1. The molecule has 2 rings (SSSR count). The van der Waals surface area contributed by atoms with Crippen LogP contribution in [0.25, 0.3) is 0 Å². The summed E-state index contributed by atoms with van der Waals surface area (Å²) in [5, 5.41) is 2.30. The Morgan fingerprint density at radius 2 is 1.68 bits per heavy atom. The summed E-state index contributed by atoms with van der Waals surface area (Å²) in [7, 11) is -3.69. The molecule has 0 unspecified atom stereocenters. The van der Waals surface area contributed by atoms with Gasteiger partial charge in [-0.15, -0.1) is 0 Å². The summed E-state index contributed by atoms with van der Waals surface area (Å²) in [5.74, 6) is -1.31. The van der Waals surface area contributed by atoms with E-state index in [0.717, 1.165) is 0 Å². The largest absolute Gasteiger partial charge is 0.319 e. The second-order valence-electron chi connectivity index (χ2n) is 6.44. The van der Waals surface area contributed by atoms with Gasteiger partial charge in [0.25, 0.3) is 5.91 Å². The number of sulfonamides is 1. The molecule has 0 aliphatic heterocycles. The lowest BCUT2D eigenvalue weighted by Gasteiger charge is -2.20. The first-order chi connectivity index (χ1) is 11.5. The molecule has 0 aromatic heterocycles. The molecule has 2 aromatic rings. The maximum absolute atomic E-state index is 13.8. The molecular formula is C17H18ClFN2O3S. The number of amides is 1. The van der Waals surface area contributed by atoms with Gasteiger partial charge in [0.15, 0.2) is 5.82 Å². The first kappa shape index (κ1) is 19.4. The molecule has 0 fully saturated rings. The lowest BCUT2D eigenvalue weighted by atomic mass is 10.1. The zero-order chi connectivity index (χ0) is 18.8. The molecular weight excluding hydrogens is 367 g/mol. The molecule has 1 amide bonds. The fourth-order valence-electron chi connectivity index (χ4n) is 2.04. The van der Waals surface area contributed by atoms with E-state index in [1.165, 1.54) is 42.5 Å². The molecule has 0 aliphatic carbocycles. The Kier molecular flexibility index (Phi) is 5.51. The summed E-state index contributed by atoms with van der Waals surface area (Å²) in [6.07, 6.45) is 0. The lowest BCUT2D eigenvalue weighted by Crippen LogP contribution is -2.40. The van der Waals surface area contributed by atoms with Crippen molar-refractivity contribution in [2.45, 2.75) is 31.2 Å². The van der Waals surface area contributed by atoms with Crippen LogP contribution in [0.1, 0.15) is 31.1 Å². The summed E-state index contributed by atoms with van der Waals surface area (Å²) >= 11 is 5.67. The number of rotatable bonds is 4. The number of anilines is 1. The molecule has 25 heavy (non-hydrogen) atoms. The number of hydrogen-bond acceptors (Lipinski definition) is 3. The van der Waals surface area contributed by atoms with Crippen LogP contribution in [0.4, 0.5) is 10.1 Å². The van der Waals surface area contributed by atoms with E-state index < -0.39 is 27.3 Å². The number of halogens is 2. The molecule has 0 radical (unpaired) electrons. The zero-order valence-electron chi connectivity index (χ0n) is 13.9. The first-order valence-corrected chi connectivity index (χ1v) is 9.25. The van der Waals surface area contributed by atoms with Crippen LogP contribution in [-0.2, 0) is 10.0 Å². The van der Waals surface area contributed by atoms with Gasteiger partial charge in [0.05, 0.1) is 15.6 Å². The fourth-order valence-corrected chi connectivity index (χ4v) is 3.64. The van der Waals surface area contributed by atoms with Crippen molar-refractivity contribution in [3.8, 4) is 0 Å². The normalized spacial score (nSPS) is 12.0. The van der Waals surface area contributed by atoms with Crippen molar-refractivity contribution in [2.24, 2.45) is 0 Å². The van der Waals surface area contributed by atoms with Gasteiger partial charge in [0.2, 0.25) is 10.0 Å². The molecule has 0 spiro atoms. The van der Waals surface area contributed by atoms with Gasteiger partial charge in [-0.1, -0.05) is 17.7 Å². The van der Waals surface area contributed by atoms with Crippen molar-refractivity contribution in [3.05, 3.63) is 58.9 Å². The molecule has 0 bridgehead atoms. The van der Waals surface area contributed by atoms with Gasteiger partial charge in [-0.05, 0) is 57.2 Å². The van der Waals surface area contributed by atoms with Gasteiger partial charge in [-0.3, -0.25) is 4.79 Å². The predicted molar refractivity (Wildman–Crippen MR) is 95.9 cm³/mol. The van der Waals surface area contributed by atoms with E-state index in [1.54, 1.807) is 20.8 Å². The molecule has 0 heterocycles. The van der Waals surface area contributed by atoms with E-state index in [2.05, 4.69) is 10.0 Å². The van der Waals surface area contributed by atoms with Crippen LogP contribution in [-0.4, -0.2) is 19.9 Å². The molecule has 0 aliphatic rings. The quantitative estimate of drug-likeness (QED) is 0.841. The average Bonchev–Trinajstić information content (AvgIpc) is 2.49. The van der Waals surface area contributed by atoms with Crippen molar-refractivity contribution in [1.82, 2.24) is 4.72 Å². The van der Waals surface area contributed by atoms with Gasteiger partial charge in [-0.25, -0.2) is 17.5 Å². The topological polar surface area (TPSA) is 75.3 Å². The summed E-state index contributed by atoms with van der Waals surface area (Å²) < 4.78 is 40.8. The van der Waals surface area contributed by atoms with Crippen LogP contribution in [0, 0.1) is 5.82 Å². The molecule has 5 nitrogen and oxygen atoms in total. The molecule has 0 atom stereocenters. The first-order valence-electron chi connectivity index (χ1n) is 7.39. The number of benzene rings is 2. The van der Waals surface area contributed by atoms with Crippen molar-refractivity contribution in [2.75, 3.05) is 5.32 Å². The van der Waals surface area contributed by atoms with Gasteiger partial charge in [0.1, 0.15) is 0 Å². The summed E-state index contributed by atoms with van der Waals surface area (Å²) in [6.45, 7) is 5.18. The van der Waals surface area contributed by atoms with E-state index in [-0.39, 0.29) is 21.2 Å². The zero-order valence-corrected chi connectivity index (χ0v) is 15.5. The Labute approximate surface area is 151 Å². The standard InChI is InChI=1S/C17H18ClFN2O3S/c1-17(2,3)21-25(23,24)12-9-7-11(8-10-12)16(22)20-14-6-4-5-13(18)15(14)19/h4-10,21H,1-3H3,(H,20,22). The van der Waals surface area contributed by atoms with Crippen molar-refractivity contribution >= 4 is 33.2 Å². The van der Waals surface area contributed by atoms with Crippen LogP contribution < -0.4 is 10.0 Å². The minimum Gasteiger partial charge on any atom is -0.319 e. The molecule has 2 N–H and O–H groups in total. The number of carbonyl (C=O) groups is 1. The summed E-state index contributed by atoms with van der Waals surface area (Å²) in [4.78, 5) is 12.2. The summed E-state index contributed by atoms with van der Waals surface area (Å²) in [6, 6.07) is 9.60. The van der Waals surface area contributed by atoms with Gasteiger partial charge in [-0.2, -0.15) is 0 Å². The van der Waals surface area contributed by atoms with Crippen LogP contribution in [0.2, 0.25) is 5.02 Å². The Balaban J connectivity index is 2.19. The maximum Gasteiger partial charge on any atom is 0.255 e. The molecule has 2 aromatic carbocycles. The van der Waals surface area contributed by atoms with Crippen molar-refractivity contribution in [1.29, 1.82) is 0 Å². The van der Waals surface area contributed by atoms with E-state index in [4.69, 9.17) is 11.6 Å². The second-order valence-corrected chi connectivity index (χ2v) is 8.52. The number of nitrogens with one attached hydrogen (secondary N) is 2. The van der Waals surface area contributed by atoms with Gasteiger partial charge in [0, 0.05) is 11.1 Å². The van der Waals surface area contributed by atoms with E-state index >= 15 is 0 Å². The minimum atomic E-state index is -3.69. The third-order valence-corrected chi connectivity index (χ3v) is 5.13. The van der Waals surface area contributed by atoms with Crippen LogP contribution in [0.3, 0.4) is 0 Å². The summed E-state index contributed by atoms with van der Waals surface area (Å²) in [5.41, 5.74) is -0.489.